The maximum absolute atomic E-state index is 12.7. The Labute approximate surface area is 127 Å². The van der Waals surface area contributed by atoms with E-state index in [0.29, 0.717) is 23.9 Å². The molecule has 0 N–H and O–H groups in total. The van der Waals surface area contributed by atoms with Crippen molar-refractivity contribution in [3.63, 3.8) is 0 Å². The van der Waals surface area contributed by atoms with Gasteiger partial charge in [-0.1, -0.05) is 35.9 Å². The van der Waals surface area contributed by atoms with Crippen LogP contribution in [-0.4, -0.2) is 41.1 Å². The number of hydrogen-bond acceptors (Lipinski definition) is 3. The number of carbonyl (C=O) groups is 1. The second-order valence-electron chi connectivity index (χ2n) is 5.69. The van der Waals surface area contributed by atoms with Crippen LogP contribution in [0, 0.1) is 0 Å². The minimum absolute atomic E-state index is 0.0529. The summed E-state index contributed by atoms with van der Waals surface area (Å²) < 4.78 is 5.77. The Hall–Kier alpha value is -1.65. The predicted molar refractivity (Wildman–Crippen MR) is 80.6 cm³/mol. The molecule has 0 aliphatic carbocycles. The van der Waals surface area contributed by atoms with Crippen LogP contribution in [0.15, 0.2) is 30.3 Å². The van der Waals surface area contributed by atoms with Crippen molar-refractivity contribution in [1.29, 1.82) is 0 Å². The molecule has 2 atom stereocenters. The van der Waals surface area contributed by atoms with Crippen LogP contribution in [0.4, 0.5) is 0 Å². The predicted octanol–water partition coefficient (Wildman–Crippen LogP) is 2.89. The zero-order chi connectivity index (χ0) is 14.4. The van der Waals surface area contributed by atoms with Crippen molar-refractivity contribution in [3.05, 3.63) is 41.2 Å². The average Bonchev–Trinajstić information content (AvgIpc) is 2.85. The molecule has 4 rings (SSSR count). The number of morpholine rings is 1. The van der Waals surface area contributed by atoms with E-state index in [1.165, 1.54) is 0 Å². The van der Waals surface area contributed by atoms with Gasteiger partial charge in [0, 0.05) is 18.5 Å². The molecule has 21 heavy (non-hydrogen) atoms. The number of carbonyl (C=O) groups excluding carboxylic acids is 1. The molecule has 2 unspecified atom stereocenters. The number of pyridine rings is 1. The third-order valence-corrected chi connectivity index (χ3v) is 4.53. The molecular formula is C16H15ClN2O2. The van der Waals surface area contributed by atoms with Crippen LogP contribution in [0.1, 0.15) is 23.3 Å². The lowest BCUT2D eigenvalue weighted by Crippen LogP contribution is -2.46. The summed E-state index contributed by atoms with van der Waals surface area (Å²) in [5.41, 5.74) is 0.417. The van der Waals surface area contributed by atoms with Gasteiger partial charge in [-0.3, -0.25) is 4.79 Å². The fourth-order valence-electron chi connectivity index (χ4n) is 3.21. The number of benzene rings is 1. The maximum Gasteiger partial charge on any atom is 0.272 e. The monoisotopic (exact) mass is 302 g/mol. The number of fused-ring (bicyclic) bond motifs is 3. The Bertz CT molecular complexity index is 706. The molecule has 2 bridgehead atoms. The van der Waals surface area contributed by atoms with E-state index in [0.717, 1.165) is 23.6 Å². The normalized spacial score (nSPS) is 24.5. The van der Waals surface area contributed by atoms with E-state index in [2.05, 4.69) is 4.98 Å². The van der Waals surface area contributed by atoms with Crippen molar-refractivity contribution in [2.24, 2.45) is 0 Å². The van der Waals surface area contributed by atoms with E-state index in [4.69, 9.17) is 16.3 Å². The smallest absolute Gasteiger partial charge is 0.272 e. The number of hydrogen-bond donors (Lipinski definition) is 0. The van der Waals surface area contributed by atoms with Crippen LogP contribution in [0.25, 0.3) is 10.8 Å². The number of rotatable bonds is 1. The Kier molecular flexibility index (Phi) is 3.08. The maximum atomic E-state index is 12.7. The fourth-order valence-corrected chi connectivity index (χ4v) is 3.47. The molecule has 1 aromatic heterocycles. The lowest BCUT2D eigenvalue weighted by Gasteiger charge is -2.31. The van der Waals surface area contributed by atoms with E-state index in [1.807, 2.05) is 35.2 Å². The molecule has 2 aliphatic rings. The fraction of sp³-hybridized carbons (Fsp3) is 0.375. The van der Waals surface area contributed by atoms with Crippen LogP contribution >= 0.6 is 11.6 Å². The molecule has 2 saturated heterocycles. The number of halogens is 1. The standard InChI is InChI=1S/C16H15ClN2O2/c17-15-13-4-2-1-3-10(13)7-14(18-15)16(20)19-8-11-5-6-12(9-19)21-11/h1-4,7,11-12H,5-6,8-9H2. The molecule has 0 spiro atoms. The first-order valence-corrected chi connectivity index (χ1v) is 7.58. The molecule has 2 aromatic rings. The lowest BCUT2D eigenvalue weighted by molar-refractivity contribution is -0.0305. The van der Waals surface area contributed by atoms with Gasteiger partial charge in [0.25, 0.3) is 5.91 Å². The van der Waals surface area contributed by atoms with Crippen LogP contribution in [-0.2, 0) is 4.74 Å². The summed E-state index contributed by atoms with van der Waals surface area (Å²) in [5.74, 6) is -0.0529. The van der Waals surface area contributed by atoms with Gasteiger partial charge in [0.2, 0.25) is 0 Å². The van der Waals surface area contributed by atoms with Crippen LogP contribution in [0.2, 0.25) is 5.15 Å². The van der Waals surface area contributed by atoms with Crippen molar-refractivity contribution >= 4 is 28.3 Å². The summed E-state index contributed by atoms with van der Waals surface area (Å²) in [6, 6.07) is 9.52. The van der Waals surface area contributed by atoms with Crippen molar-refractivity contribution in [2.75, 3.05) is 13.1 Å². The van der Waals surface area contributed by atoms with E-state index in [-0.39, 0.29) is 18.1 Å². The van der Waals surface area contributed by atoms with Gasteiger partial charge in [0.05, 0.1) is 12.2 Å². The van der Waals surface area contributed by atoms with Crippen molar-refractivity contribution < 1.29 is 9.53 Å². The van der Waals surface area contributed by atoms with Gasteiger partial charge >= 0.3 is 0 Å². The van der Waals surface area contributed by atoms with Gasteiger partial charge in [-0.2, -0.15) is 0 Å². The number of amides is 1. The van der Waals surface area contributed by atoms with Crippen molar-refractivity contribution in [3.8, 4) is 0 Å². The highest BCUT2D eigenvalue weighted by Crippen LogP contribution is 2.28. The van der Waals surface area contributed by atoms with E-state index in [1.54, 1.807) is 0 Å². The SMILES string of the molecule is O=C(c1cc2ccccc2c(Cl)n1)N1CC2CCC(C1)O2. The van der Waals surface area contributed by atoms with Gasteiger partial charge in [0.1, 0.15) is 10.8 Å². The first-order chi connectivity index (χ1) is 10.2. The van der Waals surface area contributed by atoms with Gasteiger partial charge in [-0.05, 0) is 24.3 Å². The number of likely N-dealkylation sites (tertiary alicyclic amines) is 1. The Morgan fingerprint density at radius 2 is 1.95 bits per heavy atom. The highest BCUT2D eigenvalue weighted by molar-refractivity contribution is 6.34. The third-order valence-electron chi connectivity index (χ3n) is 4.24. The van der Waals surface area contributed by atoms with Gasteiger partial charge < -0.3 is 9.64 Å². The Morgan fingerprint density at radius 1 is 1.24 bits per heavy atom. The van der Waals surface area contributed by atoms with Crippen molar-refractivity contribution in [2.45, 2.75) is 25.0 Å². The molecule has 1 aromatic carbocycles. The first-order valence-electron chi connectivity index (χ1n) is 7.21. The number of aromatic nitrogens is 1. The largest absolute Gasteiger partial charge is 0.371 e. The third kappa shape index (κ3) is 2.28. The molecule has 108 valence electrons. The molecule has 0 saturated carbocycles. The van der Waals surface area contributed by atoms with E-state index in [9.17, 15) is 4.79 Å². The lowest BCUT2D eigenvalue weighted by atomic mass is 10.1. The zero-order valence-electron chi connectivity index (χ0n) is 11.5. The molecule has 1 amide bonds. The van der Waals surface area contributed by atoms with E-state index < -0.39 is 0 Å². The van der Waals surface area contributed by atoms with Crippen LogP contribution in [0.5, 0.6) is 0 Å². The Morgan fingerprint density at radius 3 is 2.71 bits per heavy atom. The highest BCUT2D eigenvalue weighted by Gasteiger charge is 2.36. The average molecular weight is 303 g/mol. The van der Waals surface area contributed by atoms with Gasteiger partial charge in [-0.25, -0.2) is 4.98 Å². The second-order valence-corrected chi connectivity index (χ2v) is 6.05. The topological polar surface area (TPSA) is 42.4 Å². The van der Waals surface area contributed by atoms with Gasteiger partial charge in [0.15, 0.2) is 0 Å². The summed E-state index contributed by atoms with van der Waals surface area (Å²) in [7, 11) is 0. The van der Waals surface area contributed by atoms with Crippen molar-refractivity contribution in [1.82, 2.24) is 9.88 Å². The second kappa shape index (κ2) is 4.97. The molecule has 5 heteroatoms. The van der Waals surface area contributed by atoms with E-state index >= 15 is 0 Å². The van der Waals surface area contributed by atoms with Crippen LogP contribution < -0.4 is 0 Å². The molecule has 0 radical (unpaired) electrons. The Balaban J connectivity index is 1.68. The molecule has 2 fully saturated rings. The van der Waals surface area contributed by atoms with Gasteiger partial charge in [-0.15, -0.1) is 0 Å². The molecular weight excluding hydrogens is 288 g/mol. The first kappa shape index (κ1) is 13.0. The summed E-state index contributed by atoms with van der Waals surface area (Å²) in [4.78, 5) is 18.8. The minimum atomic E-state index is -0.0529. The highest BCUT2D eigenvalue weighted by atomic mass is 35.5. The number of ether oxygens (including phenoxy) is 1. The quantitative estimate of drug-likeness (QED) is 0.761. The minimum Gasteiger partial charge on any atom is -0.371 e. The molecule has 4 nitrogen and oxygen atoms in total. The summed E-state index contributed by atoms with van der Waals surface area (Å²) in [6.45, 7) is 1.31. The molecule has 2 aliphatic heterocycles. The zero-order valence-corrected chi connectivity index (χ0v) is 12.2. The van der Waals surface area contributed by atoms with Crippen LogP contribution in [0.3, 0.4) is 0 Å². The summed E-state index contributed by atoms with van der Waals surface area (Å²) in [6.07, 6.45) is 2.45. The summed E-state index contributed by atoms with van der Waals surface area (Å²) in [5, 5.41) is 2.20. The summed E-state index contributed by atoms with van der Waals surface area (Å²) >= 11 is 6.21. The molecule has 3 heterocycles. The number of nitrogens with zero attached hydrogens (tertiary/aromatic N) is 2.